The quantitative estimate of drug-likeness (QED) is 0.395. The van der Waals surface area contributed by atoms with Crippen molar-refractivity contribution in [3.05, 3.63) is 56.7 Å². The summed E-state index contributed by atoms with van der Waals surface area (Å²) in [6.45, 7) is 1.68. The van der Waals surface area contributed by atoms with Crippen molar-refractivity contribution in [3.63, 3.8) is 0 Å². The van der Waals surface area contributed by atoms with Gasteiger partial charge in [0, 0.05) is 23.3 Å². The number of benzene rings is 1. The SMILES string of the molecule is Cc1ccc(-c2ccc(C=C3SC(=S)NC3=O)o2)cc1[N+](=O)[O-]. The van der Waals surface area contributed by atoms with Gasteiger partial charge in [0.2, 0.25) is 0 Å². The molecule has 0 saturated carbocycles. The van der Waals surface area contributed by atoms with Crippen LogP contribution in [-0.4, -0.2) is 15.2 Å². The molecule has 116 valence electrons. The van der Waals surface area contributed by atoms with Gasteiger partial charge in [0.25, 0.3) is 11.6 Å². The Hall–Kier alpha value is -2.45. The van der Waals surface area contributed by atoms with Crippen molar-refractivity contribution in [2.24, 2.45) is 0 Å². The van der Waals surface area contributed by atoms with Crippen LogP contribution in [0.2, 0.25) is 0 Å². The van der Waals surface area contributed by atoms with E-state index in [1.165, 1.54) is 6.07 Å². The molecule has 8 heteroatoms. The van der Waals surface area contributed by atoms with Crippen molar-refractivity contribution in [3.8, 4) is 11.3 Å². The highest BCUT2D eigenvalue weighted by atomic mass is 32.2. The fourth-order valence-corrected chi connectivity index (χ4v) is 3.12. The minimum Gasteiger partial charge on any atom is -0.457 e. The Bertz CT molecular complexity index is 870. The summed E-state index contributed by atoms with van der Waals surface area (Å²) in [5.41, 5.74) is 1.22. The minimum atomic E-state index is -0.425. The van der Waals surface area contributed by atoms with Crippen molar-refractivity contribution >= 4 is 46.0 Å². The number of hydrogen-bond acceptors (Lipinski definition) is 6. The third-order valence-corrected chi connectivity index (χ3v) is 4.40. The highest BCUT2D eigenvalue weighted by Crippen LogP contribution is 2.30. The third-order valence-electron chi connectivity index (χ3n) is 3.23. The standard InChI is InChI=1S/C15H10N2O4S2/c1-8-2-3-9(6-11(8)17(19)20)12-5-4-10(21-12)7-13-14(18)16-15(22)23-13/h2-7H,1H3,(H,16,18,22). The van der Waals surface area contributed by atoms with E-state index >= 15 is 0 Å². The molecule has 1 aromatic carbocycles. The van der Waals surface area contributed by atoms with E-state index < -0.39 is 4.92 Å². The summed E-state index contributed by atoms with van der Waals surface area (Å²) in [6.07, 6.45) is 1.59. The molecule has 1 aliphatic heterocycles. The van der Waals surface area contributed by atoms with Gasteiger partial charge in [-0.05, 0) is 19.1 Å². The van der Waals surface area contributed by atoms with Gasteiger partial charge >= 0.3 is 0 Å². The number of carbonyl (C=O) groups excluding carboxylic acids is 1. The summed E-state index contributed by atoms with van der Waals surface area (Å²) < 4.78 is 6.06. The average Bonchev–Trinajstić information content (AvgIpc) is 3.06. The second-order valence-electron chi connectivity index (χ2n) is 4.81. The highest BCUT2D eigenvalue weighted by molar-refractivity contribution is 8.26. The van der Waals surface area contributed by atoms with Gasteiger partial charge in [-0.3, -0.25) is 14.9 Å². The lowest BCUT2D eigenvalue weighted by molar-refractivity contribution is -0.385. The molecule has 6 nitrogen and oxygen atoms in total. The number of aryl methyl sites for hydroxylation is 1. The summed E-state index contributed by atoms with van der Waals surface area (Å²) >= 11 is 6.08. The molecule has 0 spiro atoms. The van der Waals surface area contributed by atoms with E-state index in [0.717, 1.165) is 11.8 Å². The van der Waals surface area contributed by atoms with Crippen LogP contribution in [0.15, 0.2) is 39.7 Å². The predicted octanol–water partition coefficient (Wildman–Crippen LogP) is 3.65. The first-order valence-corrected chi connectivity index (χ1v) is 7.76. The maximum absolute atomic E-state index is 11.6. The largest absolute Gasteiger partial charge is 0.457 e. The zero-order valence-electron chi connectivity index (χ0n) is 11.9. The molecule has 0 radical (unpaired) electrons. The van der Waals surface area contributed by atoms with Crippen LogP contribution in [0.3, 0.4) is 0 Å². The Labute approximate surface area is 140 Å². The summed E-state index contributed by atoms with van der Waals surface area (Å²) in [5.74, 6) is 0.709. The second-order valence-corrected chi connectivity index (χ2v) is 6.53. The van der Waals surface area contributed by atoms with Gasteiger partial charge in [0.1, 0.15) is 15.8 Å². The molecule has 2 heterocycles. The number of nitro benzene ring substituents is 1. The van der Waals surface area contributed by atoms with E-state index in [2.05, 4.69) is 5.32 Å². The molecule has 0 atom stereocenters. The number of hydrogen-bond donors (Lipinski definition) is 1. The number of amides is 1. The van der Waals surface area contributed by atoms with Crippen LogP contribution in [-0.2, 0) is 4.79 Å². The van der Waals surface area contributed by atoms with Gasteiger partial charge in [-0.2, -0.15) is 0 Å². The molecule has 0 unspecified atom stereocenters. The minimum absolute atomic E-state index is 0.0369. The van der Waals surface area contributed by atoms with Crippen molar-refractivity contribution in [1.82, 2.24) is 5.32 Å². The average molecular weight is 346 g/mol. The fourth-order valence-electron chi connectivity index (χ4n) is 2.10. The van der Waals surface area contributed by atoms with Gasteiger partial charge in [-0.15, -0.1) is 0 Å². The molecule has 1 N–H and O–H groups in total. The molecule has 23 heavy (non-hydrogen) atoms. The van der Waals surface area contributed by atoms with Crippen LogP contribution in [0.25, 0.3) is 17.4 Å². The Morgan fingerprint density at radius 1 is 1.35 bits per heavy atom. The van der Waals surface area contributed by atoms with Crippen LogP contribution in [0.5, 0.6) is 0 Å². The van der Waals surface area contributed by atoms with Gasteiger partial charge in [-0.25, -0.2) is 0 Å². The van der Waals surface area contributed by atoms with Crippen molar-refractivity contribution in [2.45, 2.75) is 6.92 Å². The number of rotatable bonds is 3. The first kappa shape index (κ1) is 15.4. The van der Waals surface area contributed by atoms with E-state index in [0.29, 0.717) is 31.9 Å². The molecule has 1 saturated heterocycles. The number of furan rings is 1. The Kier molecular flexibility index (Phi) is 4.01. The zero-order valence-corrected chi connectivity index (χ0v) is 13.5. The number of nitro groups is 1. The molecular formula is C15H10N2O4S2. The van der Waals surface area contributed by atoms with Gasteiger partial charge in [-0.1, -0.05) is 36.1 Å². The van der Waals surface area contributed by atoms with Crippen LogP contribution in [0.4, 0.5) is 5.69 Å². The molecule has 2 aromatic rings. The molecular weight excluding hydrogens is 336 g/mol. The van der Waals surface area contributed by atoms with Crippen LogP contribution in [0.1, 0.15) is 11.3 Å². The molecule has 1 aliphatic rings. The molecule has 1 amide bonds. The Balaban J connectivity index is 1.92. The Morgan fingerprint density at radius 2 is 2.13 bits per heavy atom. The first-order chi connectivity index (χ1) is 10.9. The number of thioether (sulfide) groups is 1. The Morgan fingerprint density at radius 3 is 2.78 bits per heavy atom. The number of carbonyl (C=O) groups is 1. The third kappa shape index (κ3) is 3.17. The highest BCUT2D eigenvalue weighted by Gasteiger charge is 2.22. The van der Waals surface area contributed by atoms with Crippen molar-refractivity contribution < 1.29 is 14.1 Å². The van der Waals surface area contributed by atoms with E-state index in [1.54, 1.807) is 37.3 Å². The molecule has 0 bridgehead atoms. The number of thiocarbonyl (C=S) groups is 1. The molecule has 1 fully saturated rings. The molecule has 0 aliphatic carbocycles. The van der Waals surface area contributed by atoms with Crippen molar-refractivity contribution in [1.29, 1.82) is 0 Å². The van der Waals surface area contributed by atoms with E-state index in [4.69, 9.17) is 16.6 Å². The van der Waals surface area contributed by atoms with Crippen LogP contribution >= 0.6 is 24.0 Å². The second kappa shape index (κ2) is 5.98. The maximum atomic E-state index is 11.6. The first-order valence-electron chi connectivity index (χ1n) is 6.54. The fraction of sp³-hybridized carbons (Fsp3) is 0.0667. The monoisotopic (exact) mass is 346 g/mol. The summed E-state index contributed by atoms with van der Waals surface area (Å²) in [6, 6.07) is 8.30. The lowest BCUT2D eigenvalue weighted by Gasteiger charge is -2.00. The summed E-state index contributed by atoms with van der Waals surface area (Å²) in [5, 5.41) is 13.5. The zero-order chi connectivity index (χ0) is 16.6. The summed E-state index contributed by atoms with van der Waals surface area (Å²) in [4.78, 5) is 22.7. The maximum Gasteiger partial charge on any atom is 0.273 e. The predicted molar refractivity (Wildman–Crippen MR) is 91.8 cm³/mol. The number of nitrogens with zero attached hydrogens (tertiary/aromatic N) is 1. The smallest absolute Gasteiger partial charge is 0.273 e. The lowest BCUT2D eigenvalue weighted by atomic mass is 10.1. The lowest BCUT2D eigenvalue weighted by Crippen LogP contribution is -2.17. The van der Waals surface area contributed by atoms with Crippen molar-refractivity contribution in [2.75, 3.05) is 0 Å². The molecule has 3 rings (SSSR count). The van der Waals surface area contributed by atoms with Gasteiger partial charge in [0.15, 0.2) is 0 Å². The van der Waals surface area contributed by atoms with Gasteiger partial charge in [0.05, 0.1) is 9.83 Å². The molecule has 1 aromatic heterocycles. The van der Waals surface area contributed by atoms with Gasteiger partial charge < -0.3 is 9.73 Å². The number of nitrogens with one attached hydrogen (secondary N) is 1. The van der Waals surface area contributed by atoms with E-state index in [1.807, 2.05) is 0 Å². The summed E-state index contributed by atoms with van der Waals surface area (Å²) in [7, 11) is 0. The van der Waals surface area contributed by atoms with E-state index in [9.17, 15) is 14.9 Å². The van der Waals surface area contributed by atoms with Crippen LogP contribution < -0.4 is 5.32 Å². The topological polar surface area (TPSA) is 85.4 Å². The van der Waals surface area contributed by atoms with E-state index in [-0.39, 0.29) is 11.6 Å². The normalized spacial score (nSPS) is 16.0. The van der Waals surface area contributed by atoms with Crippen LogP contribution in [0, 0.1) is 17.0 Å².